The molecule has 2 rings (SSSR count). The highest BCUT2D eigenvalue weighted by atomic mass is 35.5. The molecule has 0 unspecified atom stereocenters. The number of aliphatic carboxylic acids is 1. The topological polar surface area (TPSA) is 40.5 Å². The molecule has 1 fully saturated rings. The molecule has 0 spiro atoms. The zero-order valence-electron chi connectivity index (χ0n) is 10.9. The average molecular weight is 320 g/mol. The number of benzene rings is 1. The first-order valence-electron chi connectivity index (χ1n) is 6.31. The van der Waals surface area contributed by atoms with Crippen molar-refractivity contribution in [3.8, 4) is 0 Å². The normalized spacial score (nSPS) is 15.4. The summed E-state index contributed by atoms with van der Waals surface area (Å²) in [6, 6.07) is 4.42. The summed E-state index contributed by atoms with van der Waals surface area (Å²) in [7, 11) is 0. The third-order valence-corrected chi connectivity index (χ3v) is 3.40. The van der Waals surface area contributed by atoms with Gasteiger partial charge in [0.05, 0.1) is 0 Å². The van der Waals surface area contributed by atoms with E-state index in [-0.39, 0.29) is 16.6 Å². The van der Waals surface area contributed by atoms with Gasteiger partial charge in [0.1, 0.15) is 6.54 Å². The van der Waals surface area contributed by atoms with Crippen molar-refractivity contribution >= 4 is 29.3 Å². The van der Waals surface area contributed by atoms with Crippen molar-refractivity contribution in [3.05, 3.63) is 34.9 Å². The van der Waals surface area contributed by atoms with Gasteiger partial charge in [-0.2, -0.15) is 13.2 Å². The molecule has 0 aromatic heterocycles. The van der Waals surface area contributed by atoms with Crippen LogP contribution in [-0.4, -0.2) is 29.8 Å². The molecule has 0 saturated heterocycles. The van der Waals surface area contributed by atoms with Gasteiger partial charge < -0.3 is 10.0 Å². The first-order chi connectivity index (χ1) is 9.78. The molecular weight excluding hydrogens is 307 g/mol. The van der Waals surface area contributed by atoms with E-state index in [1.54, 1.807) is 6.07 Å². The second kappa shape index (κ2) is 5.97. The van der Waals surface area contributed by atoms with E-state index in [4.69, 9.17) is 16.7 Å². The monoisotopic (exact) mass is 319 g/mol. The Labute approximate surface area is 124 Å². The minimum absolute atomic E-state index is 0.179. The highest BCUT2D eigenvalue weighted by molar-refractivity contribution is 6.32. The number of anilines is 1. The minimum atomic E-state index is -4.33. The van der Waals surface area contributed by atoms with E-state index >= 15 is 0 Å². The van der Waals surface area contributed by atoms with Crippen molar-refractivity contribution in [1.29, 1.82) is 0 Å². The number of carboxylic acid groups (broad SMARTS) is 1. The van der Waals surface area contributed by atoms with Crippen LogP contribution in [0.15, 0.2) is 24.3 Å². The molecule has 0 heterocycles. The Bertz CT molecular complexity index is 568. The fraction of sp³-hybridized carbons (Fsp3) is 0.357. The number of carboxylic acids is 1. The SMILES string of the molecule is O=C(O)C=Cc1c(Cl)cccc1N(CC(F)(F)F)C1CC1. The van der Waals surface area contributed by atoms with E-state index in [1.165, 1.54) is 23.1 Å². The molecule has 1 saturated carbocycles. The van der Waals surface area contributed by atoms with E-state index in [0.29, 0.717) is 18.5 Å². The van der Waals surface area contributed by atoms with E-state index in [0.717, 1.165) is 6.08 Å². The molecule has 1 N–H and O–H groups in total. The summed E-state index contributed by atoms with van der Waals surface area (Å²) in [5.74, 6) is -1.19. The van der Waals surface area contributed by atoms with Crippen molar-refractivity contribution in [2.24, 2.45) is 0 Å². The van der Waals surface area contributed by atoms with Crippen LogP contribution in [0.1, 0.15) is 18.4 Å². The maximum absolute atomic E-state index is 12.7. The largest absolute Gasteiger partial charge is 0.478 e. The van der Waals surface area contributed by atoms with E-state index in [1.807, 2.05) is 0 Å². The Morgan fingerprint density at radius 2 is 2.10 bits per heavy atom. The van der Waals surface area contributed by atoms with Gasteiger partial charge in [0, 0.05) is 28.4 Å². The van der Waals surface area contributed by atoms with Crippen LogP contribution in [0.2, 0.25) is 5.02 Å². The van der Waals surface area contributed by atoms with Crippen LogP contribution in [-0.2, 0) is 4.79 Å². The molecule has 0 aliphatic heterocycles. The highest BCUT2D eigenvalue weighted by Gasteiger charge is 2.38. The first-order valence-corrected chi connectivity index (χ1v) is 6.68. The van der Waals surface area contributed by atoms with Crippen LogP contribution in [0, 0.1) is 0 Å². The van der Waals surface area contributed by atoms with Crippen LogP contribution < -0.4 is 4.90 Å². The molecule has 0 radical (unpaired) electrons. The number of nitrogens with zero attached hydrogens (tertiary/aromatic N) is 1. The second-order valence-corrected chi connectivity index (χ2v) is 5.23. The number of hydrogen-bond donors (Lipinski definition) is 1. The molecule has 114 valence electrons. The van der Waals surface area contributed by atoms with Gasteiger partial charge in [0.15, 0.2) is 0 Å². The maximum atomic E-state index is 12.7. The summed E-state index contributed by atoms with van der Waals surface area (Å²) in [6.07, 6.45) is -0.872. The first kappa shape index (κ1) is 15.7. The maximum Gasteiger partial charge on any atom is 0.405 e. The summed E-state index contributed by atoms with van der Waals surface area (Å²) >= 11 is 6.00. The highest BCUT2D eigenvalue weighted by Crippen LogP contribution is 2.38. The summed E-state index contributed by atoms with van der Waals surface area (Å²) in [4.78, 5) is 11.9. The third-order valence-electron chi connectivity index (χ3n) is 3.07. The van der Waals surface area contributed by atoms with Crippen LogP contribution in [0.25, 0.3) is 6.08 Å². The lowest BCUT2D eigenvalue weighted by atomic mass is 10.1. The summed E-state index contributed by atoms with van der Waals surface area (Å²) in [5.41, 5.74) is 0.595. The number of alkyl halides is 3. The Morgan fingerprint density at radius 3 is 2.62 bits per heavy atom. The van der Waals surface area contributed by atoms with Gasteiger partial charge in [0.2, 0.25) is 0 Å². The molecule has 0 bridgehead atoms. The van der Waals surface area contributed by atoms with Crippen LogP contribution in [0.5, 0.6) is 0 Å². The fourth-order valence-electron chi connectivity index (χ4n) is 2.09. The number of rotatable bonds is 5. The molecule has 1 aliphatic carbocycles. The molecule has 0 amide bonds. The van der Waals surface area contributed by atoms with Gasteiger partial charge in [-0.05, 0) is 31.1 Å². The zero-order valence-corrected chi connectivity index (χ0v) is 11.7. The Morgan fingerprint density at radius 1 is 1.43 bits per heavy atom. The summed E-state index contributed by atoms with van der Waals surface area (Å²) in [5, 5.41) is 8.90. The van der Waals surface area contributed by atoms with Crippen LogP contribution in [0.4, 0.5) is 18.9 Å². The second-order valence-electron chi connectivity index (χ2n) is 4.82. The number of hydrogen-bond acceptors (Lipinski definition) is 2. The zero-order chi connectivity index (χ0) is 15.6. The molecule has 1 aliphatic rings. The van der Waals surface area contributed by atoms with Crippen molar-refractivity contribution in [3.63, 3.8) is 0 Å². The van der Waals surface area contributed by atoms with E-state index < -0.39 is 18.7 Å². The summed E-state index contributed by atoms with van der Waals surface area (Å²) in [6.45, 7) is -1.08. The van der Waals surface area contributed by atoms with Crippen LogP contribution >= 0.6 is 11.6 Å². The van der Waals surface area contributed by atoms with Gasteiger partial charge in [-0.1, -0.05) is 17.7 Å². The fourth-order valence-corrected chi connectivity index (χ4v) is 2.32. The van der Waals surface area contributed by atoms with Crippen LogP contribution in [0.3, 0.4) is 0 Å². The molecular formula is C14H13ClF3NO2. The lowest BCUT2D eigenvalue weighted by Gasteiger charge is -2.27. The Hall–Kier alpha value is -1.69. The van der Waals surface area contributed by atoms with E-state index in [2.05, 4.69) is 0 Å². The number of carbonyl (C=O) groups is 1. The lowest BCUT2D eigenvalue weighted by Crippen LogP contribution is -2.36. The van der Waals surface area contributed by atoms with Gasteiger partial charge in [-0.25, -0.2) is 4.79 Å². The van der Waals surface area contributed by atoms with Crippen molar-refractivity contribution in [2.75, 3.05) is 11.4 Å². The summed E-state index contributed by atoms with van der Waals surface area (Å²) < 4.78 is 38.2. The van der Waals surface area contributed by atoms with Crippen molar-refractivity contribution < 1.29 is 23.1 Å². The van der Waals surface area contributed by atoms with E-state index in [9.17, 15) is 18.0 Å². The standard InChI is InChI=1S/C14H13ClF3NO2/c15-11-2-1-3-12(10(11)6-7-13(20)21)19(9-4-5-9)8-14(16,17)18/h1-3,6-7,9H,4-5,8H2,(H,20,21). The van der Waals surface area contributed by atoms with Gasteiger partial charge in [0.25, 0.3) is 0 Å². The molecule has 0 atom stereocenters. The predicted molar refractivity (Wildman–Crippen MR) is 74.5 cm³/mol. The molecule has 1 aromatic rings. The molecule has 3 nitrogen and oxygen atoms in total. The lowest BCUT2D eigenvalue weighted by molar-refractivity contribution is -0.131. The van der Waals surface area contributed by atoms with Crippen molar-refractivity contribution in [1.82, 2.24) is 0 Å². The number of halogens is 4. The molecule has 21 heavy (non-hydrogen) atoms. The minimum Gasteiger partial charge on any atom is -0.478 e. The Balaban J connectivity index is 2.40. The predicted octanol–water partition coefficient (Wildman–Crippen LogP) is 3.97. The van der Waals surface area contributed by atoms with Crippen molar-refractivity contribution in [2.45, 2.75) is 25.1 Å². The van der Waals surface area contributed by atoms with Gasteiger partial charge in [-0.3, -0.25) is 0 Å². The van der Waals surface area contributed by atoms with Gasteiger partial charge in [-0.15, -0.1) is 0 Å². The van der Waals surface area contributed by atoms with Gasteiger partial charge >= 0.3 is 12.1 Å². The quantitative estimate of drug-likeness (QED) is 0.835. The smallest absolute Gasteiger partial charge is 0.405 e. The molecule has 1 aromatic carbocycles. The average Bonchev–Trinajstić information content (AvgIpc) is 3.17. The Kier molecular flexibility index (Phi) is 4.46. The molecule has 7 heteroatoms. The third kappa shape index (κ3) is 4.39.